The summed E-state index contributed by atoms with van der Waals surface area (Å²) in [7, 11) is 0. The number of imide groups is 3. The second kappa shape index (κ2) is 9.46. The molecule has 0 spiro atoms. The predicted molar refractivity (Wildman–Crippen MR) is 111 cm³/mol. The quantitative estimate of drug-likeness (QED) is 0.550. The number of nitrogens with one attached hydrogen (secondary N) is 1. The van der Waals surface area contributed by atoms with Gasteiger partial charge in [-0.2, -0.15) is 0 Å². The summed E-state index contributed by atoms with van der Waals surface area (Å²) in [5, 5.41) is 10.6. The maximum absolute atomic E-state index is 13.0. The van der Waals surface area contributed by atoms with Gasteiger partial charge in [0.2, 0.25) is 0 Å². The van der Waals surface area contributed by atoms with Crippen LogP contribution in [0.15, 0.2) is 24.3 Å². The fraction of sp³-hybridized carbons (Fsp3) is 0.524. The van der Waals surface area contributed by atoms with Gasteiger partial charge in [-0.1, -0.05) is 44.2 Å². The number of amides is 3. The molecule has 0 saturated heterocycles. The molecule has 1 fully saturated rings. The number of fused-ring (bicyclic) bond motifs is 1. The number of hydrogen-bond donors (Lipinski definition) is 4. The van der Waals surface area contributed by atoms with Crippen LogP contribution in [0.2, 0.25) is 0 Å². The molecule has 1 aromatic heterocycles. The molecule has 2 unspecified atom stereocenters. The number of aromatic nitrogens is 2. The average molecular weight is 415 g/mol. The van der Waals surface area contributed by atoms with Crippen molar-refractivity contribution in [2.45, 2.75) is 63.6 Å². The van der Waals surface area contributed by atoms with E-state index in [0.717, 1.165) is 25.7 Å². The Morgan fingerprint density at radius 2 is 1.83 bits per heavy atom. The largest absolute Gasteiger partial charge is 0.382 e. The molecular formula is C21H29N5O4. The molecule has 9 nitrogen and oxygen atoms in total. The van der Waals surface area contributed by atoms with E-state index in [1.165, 1.54) is 13.3 Å². The number of rotatable bonds is 6. The molecule has 3 rings (SSSR count). The monoisotopic (exact) mass is 415 g/mol. The lowest BCUT2D eigenvalue weighted by Gasteiger charge is -2.29. The Morgan fingerprint density at radius 1 is 1.17 bits per heavy atom. The van der Waals surface area contributed by atoms with Crippen LogP contribution in [0.5, 0.6) is 0 Å². The van der Waals surface area contributed by atoms with Crippen LogP contribution in [0, 0.1) is 5.92 Å². The molecule has 2 aromatic rings. The highest BCUT2D eigenvalue weighted by Gasteiger charge is 2.39. The number of aliphatic hydroxyl groups excluding tert-OH is 1. The highest BCUT2D eigenvalue weighted by molar-refractivity contribution is 6.17. The van der Waals surface area contributed by atoms with Crippen molar-refractivity contribution in [2.75, 3.05) is 0 Å². The van der Waals surface area contributed by atoms with Crippen LogP contribution in [0.4, 0.5) is 0 Å². The summed E-state index contributed by atoms with van der Waals surface area (Å²) >= 11 is 0. The molecule has 9 heteroatoms. The topological polar surface area (TPSA) is 155 Å². The minimum Gasteiger partial charge on any atom is -0.382 e. The SMILES string of the molecule is CC(N)C(=O)N(C(=O)c1nc2ccccc2[nH]1)C(=O)C(O)[C@H](N)CC1CCCCC1. The second-order valence-corrected chi connectivity index (χ2v) is 8.06. The molecule has 0 radical (unpaired) electrons. The Balaban J connectivity index is 1.81. The smallest absolute Gasteiger partial charge is 0.303 e. The summed E-state index contributed by atoms with van der Waals surface area (Å²) in [5.74, 6) is -2.84. The lowest BCUT2D eigenvalue weighted by molar-refractivity contribution is -0.148. The molecule has 1 aliphatic carbocycles. The van der Waals surface area contributed by atoms with Gasteiger partial charge < -0.3 is 21.6 Å². The molecule has 30 heavy (non-hydrogen) atoms. The number of carbonyl (C=O) groups is 3. The van der Waals surface area contributed by atoms with E-state index < -0.39 is 35.9 Å². The van der Waals surface area contributed by atoms with Crippen LogP contribution in [0.3, 0.4) is 0 Å². The molecule has 1 saturated carbocycles. The molecule has 3 amide bonds. The van der Waals surface area contributed by atoms with E-state index >= 15 is 0 Å². The van der Waals surface area contributed by atoms with E-state index in [1.807, 2.05) is 0 Å². The number of aromatic amines is 1. The molecule has 3 atom stereocenters. The summed E-state index contributed by atoms with van der Waals surface area (Å²) in [5.41, 5.74) is 12.8. The maximum Gasteiger partial charge on any atom is 0.303 e. The molecular weight excluding hydrogens is 386 g/mol. The first-order chi connectivity index (χ1) is 14.3. The fourth-order valence-corrected chi connectivity index (χ4v) is 3.92. The minimum atomic E-state index is -1.69. The Hall–Kier alpha value is -2.62. The molecule has 1 aliphatic rings. The third kappa shape index (κ3) is 4.75. The van der Waals surface area contributed by atoms with Gasteiger partial charge in [-0.25, -0.2) is 9.88 Å². The summed E-state index contributed by atoms with van der Waals surface area (Å²) < 4.78 is 0. The maximum atomic E-state index is 13.0. The van der Waals surface area contributed by atoms with Crippen molar-refractivity contribution in [3.63, 3.8) is 0 Å². The molecule has 0 bridgehead atoms. The van der Waals surface area contributed by atoms with E-state index in [9.17, 15) is 19.5 Å². The molecule has 162 valence electrons. The van der Waals surface area contributed by atoms with E-state index in [0.29, 0.717) is 28.3 Å². The number of hydrogen-bond acceptors (Lipinski definition) is 7. The van der Waals surface area contributed by atoms with Gasteiger partial charge in [-0.3, -0.25) is 14.4 Å². The molecule has 1 heterocycles. The Labute approximate surface area is 174 Å². The Bertz CT molecular complexity index is 886. The highest BCUT2D eigenvalue weighted by Crippen LogP contribution is 2.27. The summed E-state index contributed by atoms with van der Waals surface area (Å²) in [6.07, 6.45) is 4.12. The van der Waals surface area contributed by atoms with Gasteiger partial charge in [0.1, 0.15) is 6.10 Å². The van der Waals surface area contributed by atoms with Crippen LogP contribution in [0.25, 0.3) is 11.0 Å². The van der Waals surface area contributed by atoms with Crippen LogP contribution in [0.1, 0.15) is 56.1 Å². The van der Waals surface area contributed by atoms with Crippen molar-refractivity contribution < 1.29 is 19.5 Å². The lowest BCUT2D eigenvalue weighted by atomic mass is 9.84. The van der Waals surface area contributed by atoms with Crippen LogP contribution < -0.4 is 11.5 Å². The lowest BCUT2D eigenvalue weighted by Crippen LogP contribution is -2.56. The molecule has 1 aromatic carbocycles. The van der Waals surface area contributed by atoms with Crippen molar-refractivity contribution in [1.29, 1.82) is 0 Å². The van der Waals surface area contributed by atoms with Crippen molar-refractivity contribution in [1.82, 2.24) is 14.9 Å². The third-order valence-corrected chi connectivity index (χ3v) is 5.61. The van der Waals surface area contributed by atoms with Crippen LogP contribution in [-0.4, -0.2) is 55.9 Å². The molecule has 0 aliphatic heterocycles. The summed E-state index contributed by atoms with van der Waals surface area (Å²) in [6, 6.07) is 4.92. The number of H-pyrrole nitrogens is 1. The first-order valence-corrected chi connectivity index (χ1v) is 10.4. The number of carbonyl (C=O) groups excluding carboxylic acids is 3. The normalized spacial score (nSPS) is 18.0. The fourth-order valence-electron chi connectivity index (χ4n) is 3.92. The van der Waals surface area contributed by atoms with Gasteiger partial charge >= 0.3 is 5.91 Å². The average Bonchev–Trinajstić information content (AvgIpc) is 3.18. The minimum absolute atomic E-state index is 0.188. The number of nitrogens with two attached hydrogens (primary N) is 2. The van der Waals surface area contributed by atoms with E-state index in [2.05, 4.69) is 9.97 Å². The summed E-state index contributed by atoms with van der Waals surface area (Å²) in [4.78, 5) is 45.9. The number of aliphatic hydroxyl groups is 1. The van der Waals surface area contributed by atoms with Crippen molar-refractivity contribution >= 4 is 28.8 Å². The van der Waals surface area contributed by atoms with Crippen molar-refractivity contribution in [3.05, 3.63) is 30.1 Å². The van der Waals surface area contributed by atoms with Gasteiger partial charge in [0.15, 0.2) is 5.82 Å². The summed E-state index contributed by atoms with van der Waals surface area (Å²) in [6.45, 7) is 1.36. The van der Waals surface area contributed by atoms with Gasteiger partial charge in [0.25, 0.3) is 11.8 Å². The van der Waals surface area contributed by atoms with E-state index in [1.54, 1.807) is 24.3 Å². The second-order valence-electron chi connectivity index (χ2n) is 8.06. The van der Waals surface area contributed by atoms with E-state index in [4.69, 9.17) is 11.5 Å². The number of imidazole rings is 1. The van der Waals surface area contributed by atoms with E-state index in [-0.39, 0.29) is 5.82 Å². The predicted octanol–water partition coefficient (Wildman–Crippen LogP) is 1.06. The zero-order chi connectivity index (χ0) is 21.8. The van der Waals surface area contributed by atoms with Gasteiger partial charge in [-0.05, 0) is 31.4 Å². The standard InChI is InChI=1S/C21H29N5O4/c1-12(22)19(28)26(21(30)18-24-15-9-5-6-10-16(15)25-18)20(29)17(27)14(23)11-13-7-3-2-4-8-13/h5-6,9-10,12-14,17,27H,2-4,7-8,11,22-23H2,1H3,(H,24,25)/t12?,14-,17?/m1/s1. The zero-order valence-corrected chi connectivity index (χ0v) is 17.1. The first-order valence-electron chi connectivity index (χ1n) is 10.4. The number of benzene rings is 1. The van der Waals surface area contributed by atoms with Crippen molar-refractivity contribution in [2.24, 2.45) is 17.4 Å². The Morgan fingerprint density at radius 3 is 2.47 bits per heavy atom. The third-order valence-electron chi connectivity index (χ3n) is 5.61. The van der Waals surface area contributed by atoms with Crippen LogP contribution >= 0.6 is 0 Å². The highest BCUT2D eigenvalue weighted by atomic mass is 16.3. The Kier molecular flexibility index (Phi) is 6.96. The first kappa shape index (κ1) is 22.1. The van der Waals surface area contributed by atoms with Gasteiger partial charge in [-0.15, -0.1) is 0 Å². The number of para-hydroxylation sites is 2. The van der Waals surface area contributed by atoms with Crippen molar-refractivity contribution in [3.8, 4) is 0 Å². The van der Waals surface area contributed by atoms with Gasteiger partial charge in [0.05, 0.1) is 17.1 Å². The van der Waals surface area contributed by atoms with Crippen LogP contribution in [-0.2, 0) is 9.59 Å². The zero-order valence-electron chi connectivity index (χ0n) is 17.1. The van der Waals surface area contributed by atoms with Gasteiger partial charge in [0, 0.05) is 6.04 Å². The molecule has 6 N–H and O–H groups in total. The number of nitrogens with zero attached hydrogens (tertiary/aromatic N) is 2.